The van der Waals surface area contributed by atoms with E-state index in [0.29, 0.717) is 24.7 Å². The summed E-state index contributed by atoms with van der Waals surface area (Å²) in [6.07, 6.45) is 1.70. The van der Waals surface area contributed by atoms with Crippen molar-refractivity contribution in [1.82, 2.24) is 20.2 Å². The third-order valence-electron chi connectivity index (χ3n) is 7.72. The van der Waals surface area contributed by atoms with Gasteiger partial charge in [0.25, 0.3) is 8.32 Å². The second kappa shape index (κ2) is 14.5. The average molecular weight is 662 g/mol. The van der Waals surface area contributed by atoms with Crippen LogP contribution in [0, 0.1) is 0 Å². The van der Waals surface area contributed by atoms with Crippen molar-refractivity contribution < 1.29 is 23.5 Å². The number of nitrogens with one attached hydrogen (secondary N) is 1. The Morgan fingerprint density at radius 3 is 1.77 bits per heavy atom. The van der Waals surface area contributed by atoms with E-state index in [4.69, 9.17) is 13.9 Å². The molecule has 1 fully saturated rings. The molecular weight excluding hydrogens is 611 g/mol. The number of nitrogens with zero attached hydrogens (tertiary/aromatic N) is 4. The Labute approximate surface area is 281 Å². The smallest absolute Gasteiger partial charge is 0.420 e. The SMILES string of the molecule is CC(C)(C)OC(=O)N(Cc1cnc(N2CCN[C@@H](CO[Si](c3ccccc3)(c3ccccc3)C(C)(C)C)C2)nc1)C(=O)OC(C)(C)C. The molecule has 1 saturated heterocycles. The van der Waals surface area contributed by atoms with Crippen molar-refractivity contribution in [2.45, 2.75) is 91.1 Å². The van der Waals surface area contributed by atoms with Gasteiger partial charge in [0, 0.05) is 43.6 Å². The number of anilines is 1. The number of benzene rings is 2. The lowest BCUT2D eigenvalue weighted by Crippen LogP contribution is -2.68. The summed E-state index contributed by atoms with van der Waals surface area (Å²) in [7, 11) is -2.68. The molecule has 2 aromatic carbocycles. The maximum atomic E-state index is 13.0. The van der Waals surface area contributed by atoms with Gasteiger partial charge in [-0.1, -0.05) is 81.4 Å². The molecule has 0 spiro atoms. The molecule has 0 aliphatic carbocycles. The molecule has 10 nitrogen and oxygen atoms in total. The number of aromatic nitrogens is 2. The minimum absolute atomic E-state index is 0.0588. The van der Waals surface area contributed by atoms with Gasteiger partial charge in [-0.15, -0.1) is 0 Å². The van der Waals surface area contributed by atoms with Gasteiger partial charge >= 0.3 is 12.2 Å². The van der Waals surface area contributed by atoms with E-state index in [0.717, 1.165) is 18.0 Å². The summed E-state index contributed by atoms with van der Waals surface area (Å²) in [5, 5.41) is 6.01. The molecule has 0 radical (unpaired) electrons. The minimum atomic E-state index is -2.68. The number of ether oxygens (including phenoxy) is 2. The van der Waals surface area contributed by atoms with Gasteiger partial charge in [0.05, 0.1) is 13.2 Å². The van der Waals surface area contributed by atoms with Crippen molar-refractivity contribution in [1.29, 1.82) is 0 Å². The van der Waals surface area contributed by atoms with Crippen LogP contribution in [-0.2, 0) is 20.4 Å². The summed E-state index contributed by atoms with van der Waals surface area (Å²) < 4.78 is 18.1. The Kier molecular flexibility index (Phi) is 11.1. The van der Waals surface area contributed by atoms with Crippen LogP contribution in [0.25, 0.3) is 0 Å². The van der Waals surface area contributed by atoms with E-state index in [9.17, 15) is 9.59 Å². The van der Waals surface area contributed by atoms with Gasteiger partial charge in [-0.3, -0.25) is 0 Å². The summed E-state index contributed by atoms with van der Waals surface area (Å²) in [6, 6.07) is 21.3. The lowest BCUT2D eigenvalue weighted by molar-refractivity contribution is -0.000281. The zero-order valence-corrected chi connectivity index (χ0v) is 30.4. The Morgan fingerprint density at radius 2 is 1.32 bits per heavy atom. The summed E-state index contributed by atoms with van der Waals surface area (Å²) in [4.78, 5) is 38.2. The molecule has 0 bridgehead atoms. The quantitative estimate of drug-likeness (QED) is 0.313. The summed E-state index contributed by atoms with van der Waals surface area (Å²) in [5.74, 6) is 0.576. The molecule has 1 N–H and O–H groups in total. The topological polar surface area (TPSA) is 106 Å². The first-order valence-corrected chi connectivity index (χ1v) is 18.2. The van der Waals surface area contributed by atoms with Crippen molar-refractivity contribution in [3.63, 3.8) is 0 Å². The van der Waals surface area contributed by atoms with Gasteiger partial charge in [-0.25, -0.2) is 24.5 Å². The van der Waals surface area contributed by atoms with Crippen LogP contribution in [0.5, 0.6) is 0 Å². The fourth-order valence-corrected chi connectivity index (χ4v) is 10.3. The number of piperazine rings is 1. The van der Waals surface area contributed by atoms with Crippen LogP contribution >= 0.6 is 0 Å². The minimum Gasteiger partial charge on any atom is -0.443 e. The van der Waals surface area contributed by atoms with E-state index in [-0.39, 0.29) is 17.6 Å². The van der Waals surface area contributed by atoms with E-state index >= 15 is 0 Å². The fraction of sp³-hybridized carbons (Fsp3) is 0.500. The van der Waals surface area contributed by atoms with E-state index in [2.05, 4.69) is 102 Å². The summed E-state index contributed by atoms with van der Waals surface area (Å²) in [5.41, 5.74) is -0.984. The molecular formula is C36H51N5O5Si. The molecule has 0 unspecified atom stereocenters. The number of hydrogen-bond donors (Lipinski definition) is 1. The second-order valence-electron chi connectivity index (χ2n) is 15.0. The van der Waals surface area contributed by atoms with Crippen LogP contribution in [0.2, 0.25) is 5.04 Å². The molecule has 1 aliphatic rings. The Balaban J connectivity index is 1.49. The van der Waals surface area contributed by atoms with Crippen LogP contribution < -0.4 is 20.6 Å². The molecule has 1 aromatic heterocycles. The lowest BCUT2D eigenvalue weighted by atomic mass is 10.2. The van der Waals surface area contributed by atoms with E-state index in [1.165, 1.54) is 10.4 Å². The average Bonchev–Trinajstić information content (AvgIpc) is 2.99. The number of carbonyl (C=O) groups is 2. The van der Waals surface area contributed by atoms with Gasteiger partial charge < -0.3 is 24.1 Å². The Hall–Kier alpha value is -3.80. The molecule has 1 atom stereocenters. The number of rotatable bonds is 8. The first-order valence-electron chi connectivity index (χ1n) is 16.3. The van der Waals surface area contributed by atoms with Crippen molar-refractivity contribution in [2.24, 2.45) is 0 Å². The molecule has 2 amide bonds. The molecule has 4 rings (SSSR count). The molecule has 47 heavy (non-hydrogen) atoms. The van der Waals surface area contributed by atoms with Crippen molar-refractivity contribution >= 4 is 36.8 Å². The van der Waals surface area contributed by atoms with Crippen molar-refractivity contribution in [2.75, 3.05) is 31.1 Å². The number of imide groups is 1. The molecule has 254 valence electrons. The predicted octanol–water partition coefficient (Wildman–Crippen LogP) is 5.50. The van der Waals surface area contributed by atoms with E-state index in [1.807, 2.05) is 0 Å². The normalized spacial score (nSPS) is 16.0. The highest BCUT2D eigenvalue weighted by molar-refractivity contribution is 6.99. The van der Waals surface area contributed by atoms with Crippen LogP contribution in [-0.4, -0.2) is 78.9 Å². The molecule has 0 saturated carbocycles. The highest BCUT2D eigenvalue weighted by atomic mass is 28.4. The first-order chi connectivity index (χ1) is 22.0. The predicted molar refractivity (Wildman–Crippen MR) is 188 cm³/mol. The zero-order valence-electron chi connectivity index (χ0n) is 29.4. The molecule has 1 aliphatic heterocycles. The third-order valence-corrected chi connectivity index (χ3v) is 12.7. The van der Waals surface area contributed by atoms with Gasteiger partial charge in [0.2, 0.25) is 5.95 Å². The Morgan fingerprint density at radius 1 is 0.830 bits per heavy atom. The monoisotopic (exact) mass is 661 g/mol. The molecule has 11 heteroatoms. The third kappa shape index (κ3) is 9.39. The van der Waals surface area contributed by atoms with Crippen LogP contribution in [0.4, 0.5) is 15.5 Å². The van der Waals surface area contributed by atoms with Gasteiger partial charge in [-0.05, 0) is 57.0 Å². The van der Waals surface area contributed by atoms with Crippen LogP contribution in [0.1, 0.15) is 67.9 Å². The van der Waals surface area contributed by atoms with Crippen molar-refractivity contribution in [3.05, 3.63) is 78.6 Å². The molecule has 2 heterocycles. The maximum absolute atomic E-state index is 13.0. The number of amides is 2. The highest BCUT2D eigenvalue weighted by Crippen LogP contribution is 2.37. The summed E-state index contributed by atoms with van der Waals surface area (Å²) in [6.45, 7) is 19.9. The van der Waals surface area contributed by atoms with Crippen molar-refractivity contribution in [3.8, 4) is 0 Å². The van der Waals surface area contributed by atoms with Gasteiger partial charge in [0.15, 0.2) is 0 Å². The second-order valence-corrected chi connectivity index (χ2v) is 19.3. The van der Waals surface area contributed by atoms with E-state index < -0.39 is 31.7 Å². The Bertz CT molecular complexity index is 1400. The van der Waals surface area contributed by atoms with Gasteiger partial charge in [-0.2, -0.15) is 0 Å². The molecule has 3 aromatic rings. The highest BCUT2D eigenvalue weighted by Gasteiger charge is 2.50. The largest absolute Gasteiger partial charge is 0.443 e. The summed E-state index contributed by atoms with van der Waals surface area (Å²) >= 11 is 0. The standard InChI is InChI=1S/C36H51N5O5Si/c1-34(2,3)45-32(42)41(33(43)46-35(4,5)6)24-27-22-38-31(39-23-27)40-21-20-37-28(25-40)26-44-47(36(7,8)9,29-16-12-10-13-17-29)30-18-14-11-15-19-30/h10-19,22-23,28,37H,20-21,24-26H2,1-9H3/t28-/m1/s1. The number of hydrogen-bond acceptors (Lipinski definition) is 9. The fourth-order valence-electron chi connectivity index (χ4n) is 5.72. The zero-order chi connectivity index (χ0) is 34.5. The first kappa shape index (κ1) is 36.0. The van der Waals surface area contributed by atoms with Crippen LogP contribution in [0.15, 0.2) is 73.1 Å². The van der Waals surface area contributed by atoms with Gasteiger partial charge in [0.1, 0.15) is 11.2 Å². The number of carbonyl (C=O) groups excluding carboxylic acids is 2. The lowest BCUT2D eigenvalue weighted by Gasteiger charge is -2.44. The maximum Gasteiger partial charge on any atom is 0.420 e. The van der Waals surface area contributed by atoms with Crippen LogP contribution in [0.3, 0.4) is 0 Å². The van der Waals surface area contributed by atoms with E-state index in [1.54, 1.807) is 53.9 Å².